The third kappa shape index (κ3) is 6.24. The van der Waals surface area contributed by atoms with Gasteiger partial charge in [-0.2, -0.15) is 0 Å². The molecule has 0 N–H and O–H groups in total. The summed E-state index contributed by atoms with van der Waals surface area (Å²) in [6.45, 7) is 9.07. The van der Waals surface area contributed by atoms with Crippen LogP contribution in [0, 0.1) is 0 Å². The molecule has 4 nitrogen and oxygen atoms in total. The van der Waals surface area contributed by atoms with Crippen LogP contribution < -0.4 is 14.8 Å². The number of ether oxygens (including phenoxy) is 3. The maximum atomic E-state index is 5.60. The van der Waals surface area contributed by atoms with E-state index in [1.54, 1.807) is 0 Å². The lowest BCUT2D eigenvalue weighted by Crippen LogP contribution is -2.07. The van der Waals surface area contributed by atoms with E-state index in [1.807, 2.05) is 39.0 Å². The Morgan fingerprint density at radius 2 is 1.74 bits per heavy atom. The second kappa shape index (κ2) is 10.0. The highest BCUT2D eigenvalue weighted by Crippen LogP contribution is 2.25. The van der Waals surface area contributed by atoms with Crippen molar-refractivity contribution in [1.29, 1.82) is 0 Å². The van der Waals surface area contributed by atoms with Gasteiger partial charge >= 0.3 is 0 Å². The summed E-state index contributed by atoms with van der Waals surface area (Å²) < 4.78 is 21.8. The van der Waals surface area contributed by atoms with Crippen molar-refractivity contribution in [2.24, 2.45) is 0 Å². The fourth-order valence-electron chi connectivity index (χ4n) is 1.45. The third-order valence-electron chi connectivity index (χ3n) is 2.23. The molecule has 0 fully saturated rings. The molecule has 0 spiro atoms. The average Bonchev–Trinajstić information content (AvgIpc) is 2.41. The monoisotopic (exact) mass is 285 g/mol. The molecule has 0 bridgehead atoms. The van der Waals surface area contributed by atoms with E-state index in [4.69, 9.17) is 18.7 Å². The van der Waals surface area contributed by atoms with E-state index in [9.17, 15) is 0 Å². The summed E-state index contributed by atoms with van der Waals surface area (Å²) in [7, 11) is 0.783. The Hall–Kier alpha value is -0.830. The topological polar surface area (TPSA) is 36.9 Å². The fraction of sp³-hybridized carbons (Fsp3) is 0.571. The molecule has 1 rings (SSSR count). The third-order valence-corrected chi connectivity index (χ3v) is 3.11. The van der Waals surface area contributed by atoms with Crippen molar-refractivity contribution in [3.8, 4) is 11.5 Å². The first-order valence-corrected chi connectivity index (χ1v) is 7.43. The zero-order chi connectivity index (χ0) is 13.9. The van der Waals surface area contributed by atoms with Crippen LogP contribution in [0.4, 0.5) is 0 Å². The molecule has 19 heavy (non-hydrogen) atoms. The van der Waals surface area contributed by atoms with Gasteiger partial charge in [-0.15, -0.1) is 5.30 Å². The summed E-state index contributed by atoms with van der Waals surface area (Å²) in [6.07, 6.45) is 0. The SMILES string of the molecule is CCOCCO[P-]c1ccc(OCC)cc1OCC. The first-order valence-electron chi connectivity index (χ1n) is 6.62. The molecule has 0 aliphatic rings. The van der Waals surface area contributed by atoms with Crippen LogP contribution in [0.25, 0.3) is 0 Å². The van der Waals surface area contributed by atoms with Gasteiger partial charge in [0.05, 0.1) is 25.6 Å². The average molecular weight is 285 g/mol. The zero-order valence-electron chi connectivity index (χ0n) is 11.8. The van der Waals surface area contributed by atoms with Gasteiger partial charge in [0, 0.05) is 19.3 Å². The van der Waals surface area contributed by atoms with Crippen molar-refractivity contribution in [1.82, 2.24) is 0 Å². The minimum Gasteiger partial charge on any atom is -0.551 e. The van der Waals surface area contributed by atoms with E-state index in [1.165, 1.54) is 0 Å². The van der Waals surface area contributed by atoms with E-state index in [0.717, 1.165) is 25.6 Å². The summed E-state index contributed by atoms with van der Waals surface area (Å²) in [6, 6.07) is 5.81. The van der Waals surface area contributed by atoms with Crippen LogP contribution in [0.3, 0.4) is 0 Å². The van der Waals surface area contributed by atoms with Crippen LogP contribution in [0.2, 0.25) is 0 Å². The predicted molar refractivity (Wildman–Crippen MR) is 77.8 cm³/mol. The van der Waals surface area contributed by atoms with Gasteiger partial charge in [0.1, 0.15) is 5.75 Å². The van der Waals surface area contributed by atoms with Gasteiger partial charge in [-0.05, 0) is 26.8 Å². The van der Waals surface area contributed by atoms with Crippen LogP contribution >= 0.6 is 8.81 Å². The first-order chi connectivity index (χ1) is 9.31. The van der Waals surface area contributed by atoms with Crippen LogP contribution in [0.15, 0.2) is 18.2 Å². The van der Waals surface area contributed by atoms with Gasteiger partial charge in [-0.25, -0.2) is 0 Å². The Bertz CT molecular complexity index is 357. The first kappa shape index (κ1) is 16.2. The molecule has 0 atom stereocenters. The molecule has 0 heterocycles. The Labute approximate surface area is 117 Å². The second-order valence-electron chi connectivity index (χ2n) is 3.62. The molecule has 0 saturated heterocycles. The van der Waals surface area contributed by atoms with Crippen molar-refractivity contribution in [3.63, 3.8) is 0 Å². The Balaban J connectivity index is 2.54. The molecule has 0 aliphatic carbocycles. The smallest absolute Gasteiger partial charge is 0.122 e. The molecule has 1 aromatic rings. The standard InChI is InChI=1S/C14H22O4P/c1-4-15-9-10-18-19-14-8-7-12(16-5-2)11-13(14)17-6-3/h7-8,11H,4-6,9-10H2,1-3H3/q-1. The van der Waals surface area contributed by atoms with E-state index in [2.05, 4.69) is 0 Å². The van der Waals surface area contributed by atoms with E-state index >= 15 is 0 Å². The summed E-state index contributed by atoms with van der Waals surface area (Å²) in [5.74, 6) is 1.63. The van der Waals surface area contributed by atoms with E-state index in [-0.39, 0.29) is 0 Å². The van der Waals surface area contributed by atoms with Crippen molar-refractivity contribution in [2.75, 3.05) is 33.0 Å². The van der Waals surface area contributed by atoms with Crippen LogP contribution in [-0.2, 0) is 9.26 Å². The summed E-state index contributed by atoms with van der Waals surface area (Å²) in [4.78, 5) is 0. The molecule has 0 aromatic heterocycles. The van der Waals surface area contributed by atoms with Gasteiger partial charge in [0.2, 0.25) is 0 Å². The van der Waals surface area contributed by atoms with Crippen molar-refractivity contribution in [2.45, 2.75) is 20.8 Å². The lowest BCUT2D eigenvalue weighted by molar-refractivity contribution is 0.116. The number of rotatable bonds is 10. The van der Waals surface area contributed by atoms with Crippen molar-refractivity contribution < 1.29 is 18.7 Å². The second-order valence-corrected chi connectivity index (χ2v) is 4.54. The molecule has 0 radical (unpaired) electrons. The van der Waals surface area contributed by atoms with Crippen LogP contribution in [0.5, 0.6) is 11.5 Å². The van der Waals surface area contributed by atoms with Crippen LogP contribution in [-0.4, -0.2) is 33.0 Å². The molecular formula is C14H22O4P-. The van der Waals surface area contributed by atoms with Crippen molar-refractivity contribution in [3.05, 3.63) is 18.2 Å². The Kier molecular flexibility index (Phi) is 8.55. The normalized spacial score (nSPS) is 11.1. The molecule has 0 unspecified atom stereocenters. The predicted octanol–water partition coefficient (Wildman–Crippen LogP) is 3.02. The van der Waals surface area contributed by atoms with Crippen molar-refractivity contribution >= 4 is 14.1 Å². The number of benzene rings is 1. The largest absolute Gasteiger partial charge is 0.551 e. The molecule has 1 aromatic carbocycles. The molecule has 0 aliphatic heterocycles. The minimum absolute atomic E-state index is 0.578. The molecule has 5 heteroatoms. The van der Waals surface area contributed by atoms with E-state index in [0.29, 0.717) is 33.0 Å². The maximum absolute atomic E-state index is 5.60. The summed E-state index contributed by atoms with van der Waals surface area (Å²) >= 11 is 0. The fourth-order valence-corrected chi connectivity index (χ4v) is 2.11. The van der Waals surface area contributed by atoms with Gasteiger partial charge in [0.15, 0.2) is 0 Å². The Morgan fingerprint density at radius 1 is 0.947 bits per heavy atom. The van der Waals surface area contributed by atoms with Gasteiger partial charge in [-0.3, -0.25) is 0 Å². The van der Waals surface area contributed by atoms with Gasteiger partial charge in [-0.1, -0.05) is 6.07 Å². The van der Waals surface area contributed by atoms with Gasteiger partial charge < -0.3 is 27.5 Å². The van der Waals surface area contributed by atoms with Gasteiger partial charge in [0.25, 0.3) is 0 Å². The lowest BCUT2D eigenvalue weighted by atomic mass is 10.3. The Morgan fingerprint density at radius 3 is 2.42 bits per heavy atom. The molecule has 0 saturated carbocycles. The number of hydrogen-bond donors (Lipinski definition) is 0. The quantitative estimate of drug-likeness (QED) is 0.489. The molecule has 0 amide bonds. The highest BCUT2D eigenvalue weighted by molar-refractivity contribution is 7.42. The molecule has 108 valence electrons. The lowest BCUT2D eigenvalue weighted by Gasteiger charge is -2.24. The summed E-state index contributed by atoms with van der Waals surface area (Å²) in [5, 5.41) is 1.00. The minimum atomic E-state index is 0.578. The number of hydrogen-bond acceptors (Lipinski definition) is 4. The van der Waals surface area contributed by atoms with E-state index < -0.39 is 0 Å². The highest BCUT2D eigenvalue weighted by atomic mass is 31.1. The molecular weight excluding hydrogens is 263 g/mol. The zero-order valence-corrected chi connectivity index (χ0v) is 12.7. The van der Waals surface area contributed by atoms with Crippen LogP contribution in [0.1, 0.15) is 20.8 Å². The summed E-state index contributed by atoms with van der Waals surface area (Å²) in [5.41, 5.74) is 0. The maximum Gasteiger partial charge on any atom is 0.122 e. The highest BCUT2D eigenvalue weighted by Gasteiger charge is 1.99.